The summed E-state index contributed by atoms with van der Waals surface area (Å²) in [6.07, 6.45) is 2.79. The smallest absolute Gasteiger partial charge is 0.0947 e. The number of rotatable bonds is 4. The summed E-state index contributed by atoms with van der Waals surface area (Å²) in [6.45, 7) is 2.04. The first kappa shape index (κ1) is 13.2. The van der Waals surface area contributed by atoms with E-state index in [9.17, 15) is 0 Å². The topological polar surface area (TPSA) is 37.8 Å². The molecular weight excluding hydrogens is 266 g/mol. The Balaban J connectivity index is 1.98. The Morgan fingerprint density at radius 3 is 2.85 bits per heavy atom. The van der Waals surface area contributed by atoms with Gasteiger partial charge in [0.25, 0.3) is 0 Å². The third-order valence-electron chi connectivity index (χ3n) is 3.45. The largest absolute Gasteiger partial charge is 0.313 e. The fraction of sp³-hybridized carbons (Fsp3) is 0.250. The van der Waals surface area contributed by atoms with Gasteiger partial charge in [0, 0.05) is 35.1 Å². The number of hydrogen-bond acceptors (Lipinski definition) is 4. The Bertz CT molecular complexity index is 715. The highest BCUT2D eigenvalue weighted by Gasteiger charge is 2.15. The van der Waals surface area contributed by atoms with Gasteiger partial charge in [-0.05, 0) is 31.7 Å². The molecule has 0 amide bonds. The van der Waals surface area contributed by atoms with Crippen molar-refractivity contribution in [1.82, 2.24) is 15.3 Å². The number of likely N-dealkylation sites (N-methyl/N-ethyl adjacent to an activating group) is 1. The molecule has 0 saturated carbocycles. The van der Waals surface area contributed by atoms with E-state index in [1.807, 2.05) is 26.2 Å². The van der Waals surface area contributed by atoms with Gasteiger partial charge in [-0.3, -0.25) is 4.98 Å². The average molecular weight is 283 g/mol. The lowest BCUT2D eigenvalue weighted by molar-refractivity contribution is 0.593. The lowest BCUT2D eigenvalue weighted by Crippen LogP contribution is -2.19. The first-order valence-corrected chi connectivity index (χ1v) is 7.58. The van der Waals surface area contributed by atoms with E-state index in [1.54, 1.807) is 11.3 Å². The second-order valence-electron chi connectivity index (χ2n) is 4.85. The highest BCUT2D eigenvalue weighted by Crippen LogP contribution is 2.26. The molecule has 0 radical (unpaired) electrons. The normalized spacial score (nSPS) is 12.7. The summed E-state index contributed by atoms with van der Waals surface area (Å²) in [5, 5.41) is 7.89. The highest BCUT2D eigenvalue weighted by molar-refractivity contribution is 7.09. The van der Waals surface area contributed by atoms with Crippen molar-refractivity contribution in [2.24, 2.45) is 0 Å². The van der Waals surface area contributed by atoms with Gasteiger partial charge in [-0.2, -0.15) is 0 Å². The van der Waals surface area contributed by atoms with Crippen molar-refractivity contribution in [3.8, 4) is 0 Å². The molecule has 3 rings (SSSR count). The molecule has 4 heteroatoms. The van der Waals surface area contributed by atoms with Crippen molar-refractivity contribution in [3.63, 3.8) is 0 Å². The number of fused-ring (bicyclic) bond motifs is 1. The first-order chi connectivity index (χ1) is 9.78. The number of nitrogens with zero attached hydrogens (tertiary/aromatic N) is 2. The van der Waals surface area contributed by atoms with Gasteiger partial charge in [-0.15, -0.1) is 11.3 Å². The van der Waals surface area contributed by atoms with Gasteiger partial charge in [-0.1, -0.05) is 18.2 Å². The van der Waals surface area contributed by atoms with Crippen molar-refractivity contribution < 1.29 is 0 Å². The van der Waals surface area contributed by atoms with Crippen LogP contribution in [-0.2, 0) is 6.42 Å². The highest BCUT2D eigenvalue weighted by atomic mass is 32.1. The van der Waals surface area contributed by atoms with E-state index in [0.717, 1.165) is 17.6 Å². The zero-order chi connectivity index (χ0) is 13.9. The van der Waals surface area contributed by atoms with Crippen molar-refractivity contribution in [3.05, 3.63) is 58.2 Å². The lowest BCUT2D eigenvalue weighted by atomic mass is 10.00. The number of hydrogen-bond donors (Lipinski definition) is 1. The first-order valence-electron chi connectivity index (χ1n) is 6.70. The molecule has 1 aromatic carbocycles. The molecule has 3 aromatic rings. The molecule has 2 aromatic heterocycles. The molecule has 0 bridgehead atoms. The minimum absolute atomic E-state index is 0.258. The number of nitrogens with one attached hydrogen (secondary N) is 1. The molecule has 3 nitrogen and oxygen atoms in total. The number of aromatic nitrogens is 2. The molecule has 0 fully saturated rings. The number of benzene rings is 1. The summed E-state index contributed by atoms with van der Waals surface area (Å²) in [7, 11) is 2.00. The third-order valence-corrected chi connectivity index (χ3v) is 4.44. The summed E-state index contributed by atoms with van der Waals surface area (Å²) >= 11 is 1.73. The molecule has 0 aliphatic heterocycles. The molecule has 102 valence electrons. The molecule has 20 heavy (non-hydrogen) atoms. The van der Waals surface area contributed by atoms with Crippen LogP contribution in [0, 0.1) is 6.92 Å². The van der Waals surface area contributed by atoms with E-state index in [2.05, 4.69) is 44.9 Å². The van der Waals surface area contributed by atoms with Crippen molar-refractivity contribution in [2.75, 3.05) is 7.05 Å². The third kappa shape index (κ3) is 2.57. The van der Waals surface area contributed by atoms with Crippen LogP contribution in [0.25, 0.3) is 10.9 Å². The van der Waals surface area contributed by atoms with E-state index >= 15 is 0 Å². The maximum absolute atomic E-state index is 4.57. The van der Waals surface area contributed by atoms with Gasteiger partial charge in [0.05, 0.1) is 10.5 Å². The van der Waals surface area contributed by atoms with Crippen LogP contribution in [0.5, 0.6) is 0 Å². The van der Waals surface area contributed by atoms with Crippen LogP contribution in [0.3, 0.4) is 0 Å². The number of aryl methyl sites for hydroxylation is 1. The van der Waals surface area contributed by atoms with Crippen LogP contribution < -0.4 is 5.32 Å². The summed E-state index contributed by atoms with van der Waals surface area (Å²) in [6, 6.07) is 10.6. The van der Waals surface area contributed by atoms with Gasteiger partial charge in [0.2, 0.25) is 0 Å². The molecule has 0 aliphatic rings. The Hall–Kier alpha value is -1.78. The van der Waals surface area contributed by atoms with Crippen LogP contribution >= 0.6 is 11.3 Å². The zero-order valence-corrected chi connectivity index (χ0v) is 12.4. The maximum atomic E-state index is 4.57. The van der Waals surface area contributed by atoms with E-state index in [-0.39, 0.29) is 6.04 Å². The van der Waals surface area contributed by atoms with Crippen LogP contribution in [-0.4, -0.2) is 17.0 Å². The fourth-order valence-corrected chi connectivity index (χ4v) is 3.28. The monoisotopic (exact) mass is 283 g/mol. The van der Waals surface area contributed by atoms with E-state index in [0.29, 0.717) is 0 Å². The predicted octanol–water partition coefficient (Wildman–Crippen LogP) is 3.50. The van der Waals surface area contributed by atoms with Crippen molar-refractivity contribution >= 4 is 22.2 Å². The Morgan fingerprint density at radius 2 is 2.10 bits per heavy atom. The summed E-state index contributed by atoms with van der Waals surface area (Å²) in [5.41, 5.74) is 3.42. The number of thiazole rings is 1. The Morgan fingerprint density at radius 1 is 1.25 bits per heavy atom. The second kappa shape index (κ2) is 5.69. The summed E-state index contributed by atoms with van der Waals surface area (Å²) in [4.78, 5) is 9.00. The van der Waals surface area contributed by atoms with Gasteiger partial charge in [0.15, 0.2) is 0 Å². The molecule has 1 N–H and O–H groups in total. The minimum Gasteiger partial charge on any atom is -0.313 e. The molecule has 0 spiro atoms. The number of pyridine rings is 1. The standard InChI is InChI=1S/C16H17N3S/c1-11-10-20-16(19-11)9-15(17-2)13-7-8-18-14-6-4-3-5-12(13)14/h3-8,10,15,17H,9H2,1-2H3. The number of para-hydroxylation sites is 1. The molecule has 0 saturated heterocycles. The molecule has 1 unspecified atom stereocenters. The van der Waals surface area contributed by atoms with Gasteiger partial charge in [0.1, 0.15) is 0 Å². The second-order valence-corrected chi connectivity index (χ2v) is 5.79. The van der Waals surface area contributed by atoms with Crippen LogP contribution in [0.2, 0.25) is 0 Å². The lowest BCUT2D eigenvalue weighted by Gasteiger charge is -2.17. The van der Waals surface area contributed by atoms with Crippen LogP contribution in [0.15, 0.2) is 41.9 Å². The SMILES string of the molecule is CNC(Cc1nc(C)cs1)c1ccnc2ccccc12. The average Bonchev–Trinajstić information content (AvgIpc) is 2.89. The van der Waals surface area contributed by atoms with E-state index < -0.39 is 0 Å². The molecule has 1 atom stereocenters. The minimum atomic E-state index is 0.258. The van der Waals surface area contributed by atoms with Crippen LogP contribution in [0.1, 0.15) is 22.3 Å². The van der Waals surface area contributed by atoms with Gasteiger partial charge < -0.3 is 5.32 Å². The molecule has 0 aliphatic carbocycles. The van der Waals surface area contributed by atoms with Crippen molar-refractivity contribution in [2.45, 2.75) is 19.4 Å². The fourth-order valence-electron chi connectivity index (χ4n) is 2.46. The van der Waals surface area contributed by atoms with Crippen molar-refractivity contribution in [1.29, 1.82) is 0 Å². The predicted molar refractivity (Wildman–Crippen MR) is 84.1 cm³/mol. The van der Waals surface area contributed by atoms with Gasteiger partial charge in [-0.25, -0.2) is 4.98 Å². The molecular formula is C16H17N3S. The van der Waals surface area contributed by atoms with E-state index in [4.69, 9.17) is 0 Å². The summed E-state index contributed by atoms with van der Waals surface area (Å²) in [5.74, 6) is 0. The maximum Gasteiger partial charge on any atom is 0.0947 e. The Labute approximate surface area is 122 Å². The van der Waals surface area contributed by atoms with E-state index in [1.165, 1.54) is 16.0 Å². The quantitative estimate of drug-likeness (QED) is 0.796. The Kier molecular flexibility index (Phi) is 3.76. The summed E-state index contributed by atoms with van der Waals surface area (Å²) < 4.78 is 0. The van der Waals surface area contributed by atoms with Crippen LogP contribution in [0.4, 0.5) is 0 Å². The zero-order valence-electron chi connectivity index (χ0n) is 11.6. The molecule has 2 heterocycles. The van der Waals surface area contributed by atoms with Gasteiger partial charge >= 0.3 is 0 Å².